The number of nitrogens with zero attached hydrogens (tertiary/aromatic N) is 3. The molecular formula is C24H36N5O6Tm-3. The molecule has 1 heterocycles. The van der Waals surface area contributed by atoms with Crippen molar-refractivity contribution in [3.63, 3.8) is 0 Å². The number of nitrogens with one attached hydrogen (secondary N) is 1. The molecule has 0 spiro atoms. The third-order valence-corrected chi connectivity index (χ3v) is 6.76. The van der Waals surface area contributed by atoms with Crippen LogP contribution in [0, 0.1) is 36.9 Å². The van der Waals surface area contributed by atoms with Gasteiger partial charge in [0.05, 0.1) is 17.9 Å². The number of aliphatic carboxylic acids is 3. The van der Waals surface area contributed by atoms with Crippen LogP contribution in [-0.4, -0.2) is 103 Å². The zero-order chi connectivity index (χ0) is 26.1. The fraction of sp³-hybridized carbons (Fsp3) is 0.625. The summed E-state index contributed by atoms with van der Waals surface area (Å²) >= 11 is 0. The van der Waals surface area contributed by atoms with Crippen molar-refractivity contribution in [1.82, 2.24) is 20.0 Å². The predicted molar refractivity (Wildman–Crippen MR) is 124 cm³/mol. The van der Waals surface area contributed by atoms with Gasteiger partial charge < -0.3 is 40.8 Å². The van der Waals surface area contributed by atoms with Crippen LogP contribution in [0.3, 0.4) is 0 Å². The number of carbonyl (C=O) groups excluding carboxylic acids is 3. The van der Waals surface area contributed by atoms with Crippen LogP contribution in [0.5, 0.6) is 0 Å². The molecule has 4 unspecified atom stereocenters. The molecule has 0 aromatic heterocycles. The van der Waals surface area contributed by atoms with E-state index in [0.29, 0.717) is 38.3 Å². The van der Waals surface area contributed by atoms with Gasteiger partial charge in [-0.15, -0.1) is 0 Å². The molecule has 2 rings (SSSR count). The summed E-state index contributed by atoms with van der Waals surface area (Å²) in [6, 6.07) is 4.59. The summed E-state index contributed by atoms with van der Waals surface area (Å²) in [5, 5.41) is 38.3. The Morgan fingerprint density at radius 3 is 1.72 bits per heavy atom. The largest absolute Gasteiger partial charge is 0.548 e. The Balaban J connectivity index is 0.00000648. The number of carboxylic acids is 3. The van der Waals surface area contributed by atoms with E-state index >= 15 is 0 Å². The molecule has 12 heteroatoms. The molecule has 1 aromatic rings. The van der Waals surface area contributed by atoms with Crippen LogP contribution in [0.4, 0.5) is 5.69 Å². The van der Waals surface area contributed by atoms with Crippen molar-refractivity contribution in [2.75, 3.05) is 51.5 Å². The minimum absolute atomic E-state index is 0. The fourth-order valence-electron chi connectivity index (χ4n) is 4.24. The van der Waals surface area contributed by atoms with Gasteiger partial charge in [-0.25, -0.2) is 0 Å². The number of carboxylic acid groups (broad SMARTS) is 3. The van der Waals surface area contributed by atoms with Gasteiger partial charge in [0, 0.05) is 113 Å². The quantitative estimate of drug-likeness (QED) is 0.262. The first-order valence-electron chi connectivity index (χ1n) is 11.9. The minimum Gasteiger partial charge on any atom is -0.548 e. The fourth-order valence-corrected chi connectivity index (χ4v) is 4.24. The van der Waals surface area contributed by atoms with Crippen molar-refractivity contribution < 1.29 is 66.6 Å². The molecule has 1 radical (unpaired) electrons. The Labute approximate surface area is 241 Å². The predicted octanol–water partition coefficient (Wildman–Crippen LogP) is -3.90. The van der Waals surface area contributed by atoms with Crippen LogP contribution in [0.1, 0.15) is 26.3 Å². The summed E-state index contributed by atoms with van der Waals surface area (Å²) in [4.78, 5) is 40.0. The van der Waals surface area contributed by atoms with E-state index in [0.717, 1.165) is 5.56 Å². The average Bonchev–Trinajstić information content (AvgIpc) is 2.80. The molecule has 1 aromatic carbocycles. The molecule has 0 aliphatic carbocycles. The number of anilines is 1. The molecule has 11 nitrogen and oxygen atoms in total. The van der Waals surface area contributed by atoms with Crippen molar-refractivity contribution in [1.29, 1.82) is 0 Å². The first-order chi connectivity index (χ1) is 16.5. The summed E-state index contributed by atoms with van der Waals surface area (Å²) in [7, 11) is 0. The Bertz CT molecular complexity index is 858. The van der Waals surface area contributed by atoms with Gasteiger partial charge in [0.25, 0.3) is 0 Å². The summed E-state index contributed by atoms with van der Waals surface area (Å²) < 4.78 is 0. The van der Waals surface area contributed by atoms with Crippen LogP contribution in [-0.2, 0) is 20.8 Å². The second-order valence-corrected chi connectivity index (χ2v) is 9.15. The van der Waals surface area contributed by atoms with E-state index in [1.807, 2.05) is 12.1 Å². The normalized spacial score (nSPS) is 21.7. The van der Waals surface area contributed by atoms with Crippen LogP contribution in [0.2, 0.25) is 0 Å². The number of nitrogen functional groups attached to an aromatic ring is 1. The molecule has 1 aliphatic rings. The van der Waals surface area contributed by atoms with E-state index in [2.05, 4.69) is 5.32 Å². The van der Waals surface area contributed by atoms with Gasteiger partial charge in [-0.2, -0.15) is 0 Å². The standard InChI is InChI=1S/C24H39N5O6.Tm/c1-16(22(30)31)27-9-8-26-21(14-19-4-6-20(25)7-5-19)15-29(18(3)24(34)35)13-12-28(11-10-27)17(2)23(32)33;/h4-7,16-18,21,26H,8-15,25H2,1-3H3,(H,30,31)(H,32,33)(H,34,35);/p-3. The van der Waals surface area contributed by atoms with Crippen molar-refractivity contribution in [2.45, 2.75) is 51.4 Å². The first kappa shape index (κ1) is 32.5. The molecule has 0 bridgehead atoms. The maximum atomic E-state index is 11.7. The summed E-state index contributed by atoms with van der Waals surface area (Å²) in [6.45, 7) is 6.91. The van der Waals surface area contributed by atoms with E-state index < -0.39 is 36.0 Å². The van der Waals surface area contributed by atoms with E-state index in [1.165, 1.54) is 6.92 Å². The van der Waals surface area contributed by atoms with Gasteiger partial charge >= 0.3 is 0 Å². The van der Waals surface area contributed by atoms with Crippen LogP contribution in [0.15, 0.2) is 24.3 Å². The Hall–Kier alpha value is -1.50. The number of rotatable bonds is 8. The molecule has 3 N–H and O–H groups in total. The van der Waals surface area contributed by atoms with E-state index in [-0.39, 0.29) is 62.6 Å². The molecular weight excluding hydrogens is 623 g/mol. The van der Waals surface area contributed by atoms with E-state index in [9.17, 15) is 29.7 Å². The van der Waals surface area contributed by atoms with Gasteiger partial charge in [0.1, 0.15) is 0 Å². The third kappa shape index (κ3) is 10.1. The van der Waals surface area contributed by atoms with E-state index in [1.54, 1.807) is 40.7 Å². The van der Waals surface area contributed by atoms with Gasteiger partial charge in [0.2, 0.25) is 0 Å². The maximum absolute atomic E-state index is 11.7. The van der Waals surface area contributed by atoms with Gasteiger partial charge in [-0.05, 0) is 44.9 Å². The topological polar surface area (TPSA) is 168 Å². The molecule has 209 valence electrons. The zero-order valence-electron chi connectivity index (χ0n) is 20.9. The SMILES string of the molecule is CC(C(=O)[O-])N1CCNC(Cc2ccc(N)cc2)CN(C(C)C(=O)[O-])CCN(C(C)C(=O)[O-])CC1.[Tm]. The van der Waals surface area contributed by atoms with Crippen molar-refractivity contribution in [3.8, 4) is 0 Å². The Morgan fingerprint density at radius 1 is 0.833 bits per heavy atom. The number of nitrogens with two attached hydrogens (primary N) is 1. The number of benzene rings is 1. The number of hydrogen-bond acceptors (Lipinski definition) is 11. The van der Waals surface area contributed by atoms with Crippen LogP contribution >= 0.6 is 0 Å². The van der Waals surface area contributed by atoms with Crippen molar-refractivity contribution in [3.05, 3.63) is 29.8 Å². The first-order valence-corrected chi connectivity index (χ1v) is 11.9. The van der Waals surface area contributed by atoms with Gasteiger partial charge in [-0.1, -0.05) is 12.1 Å². The number of carbonyl (C=O) groups is 3. The Kier molecular flexibility index (Phi) is 14.2. The monoisotopic (exact) mass is 659 g/mol. The van der Waals surface area contributed by atoms with Crippen LogP contribution in [0.25, 0.3) is 0 Å². The molecule has 4 atom stereocenters. The van der Waals surface area contributed by atoms with Gasteiger partial charge in [-0.3, -0.25) is 14.7 Å². The maximum Gasteiger partial charge on any atom is 0.0583 e. The number of hydrogen-bond donors (Lipinski definition) is 2. The average molecular weight is 660 g/mol. The molecule has 1 aliphatic heterocycles. The molecule has 0 amide bonds. The van der Waals surface area contributed by atoms with Crippen molar-refractivity contribution >= 4 is 23.6 Å². The van der Waals surface area contributed by atoms with Crippen LogP contribution < -0.4 is 26.4 Å². The van der Waals surface area contributed by atoms with E-state index in [4.69, 9.17) is 5.73 Å². The van der Waals surface area contributed by atoms with Crippen molar-refractivity contribution in [2.24, 2.45) is 0 Å². The second kappa shape index (κ2) is 15.7. The smallest absolute Gasteiger partial charge is 0.0583 e. The summed E-state index contributed by atoms with van der Waals surface area (Å²) in [5.41, 5.74) is 7.44. The Morgan fingerprint density at radius 2 is 1.25 bits per heavy atom. The molecule has 1 saturated heterocycles. The third-order valence-electron chi connectivity index (χ3n) is 6.76. The molecule has 0 saturated carbocycles. The van der Waals surface area contributed by atoms with Gasteiger partial charge in [0.15, 0.2) is 0 Å². The summed E-state index contributed by atoms with van der Waals surface area (Å²) in [5.74, 6) is -3.67. The molecule has 36 heavy (non-hydrogen) atoms. The second-order valence-electron chi connectivity index (χ2n) is 9.15. The zero-order valence-corrected chi connectivity index (χ0v) is 22.7. The molecule has 1 fully saturated rings. The summed E-state index contributed by atoms with van der Waals surface area (Å²) in [6.07, 6.45) is 0.589. The minimum atomic E-state index is -1.25.